The average Bonchev–Trinajstić information content (AvgIpc) is 3.07. The van der Waals surface area contributed by atoms with Crippen molar-refractivity contribution in [1.29, 1.82) is 0 Å². The molecule has 1 aliphatic heterocycles. The number of fused-ring (bicyclic) bond motifs is 1. The largest absolute Gasteiger partial charge is 0.507 e. The van der Waals surface area contributed by atoms with Crippen molar-refractivity contribution >= 4 is 11.0 Å². The molecule has 2 heterocycles. The molecule has 1 aromatic heterocycles. The maximum Gasteiger partial charge on any atom is 0.239 e. The third-order valence-electron chi connectivity index (χ3n) is 5.32. The molecule has 11 heteroatoms. The molecule has 5 N–H and O–H groups in total. The van der Waals surface area contributed by atoms with Crippen LogP contribution in [-0.4, -0.2) is 71.0 Å². The van der Waals surface area contributed by atoms with Crippen LogP contribution in [0.15, 0.2) is 39.5 Å². The van der Waals surface area contributed by atoms with Gasteiger partial charge in [0.25, 0.3) is 0 Å². The number of methoxy groups -OCH3 is 2. The summed E-state index contributed by atoms with van der Waals surface area (Å²) in [5, 5.41) is 50.0. The van der Waals surface area contributed by atoms with Gasteiger partial charge in [-0.25, -0.2) is 0 Å². The Hall–Kier alpha value is -3.51. The lowest BCUT2D eigenvalue weighted by Gasteiger charge is -2.19. The Bertz CT molecular complexity index is 1240. The third-order valence-corrected chi connectivity index (χ3v) is 5.32. The Morgan fingerprint density at radius 3 is 2.36 bits per heavy atom. The molecule has 1 fully saturated rings. The number of ether oxygens (including phenoxy) is 4. The first-order valence-electron chi connectivity index (χ1n) is 9.83. The van der Waals surface area contributed by atoms with Crippen LogP contribution in [0.3, 0.4) is 0 Å². The van der Waals surface area contributed by atoms with Gasteiger partial charge in [0.1, 0.15) is 40.8 Å². The van der Waals surface area contributed by atoms with Gasteiger partial charge < -0.3 is 48.9 Å². The highest BCUT2D eigenvalue weighted by Crippen LogP contribution is 2.39. The molecular formula is C22H22O11. The summed E-state index contributed by atoms with van der Waals surface area (Å²) in [4.78, 5) is 13.4. The molecule has 0 unspecified atom stereocenters. The minimum atomic E-state index is -1.58. The van der Waals surface area contributed by atoms with E-state index in [0.29, 0.717) is 0 Å². The van der Waals surface area contributed by atoms with Gasteiger partial charge in [0, 0.05) is 17.7 Å². The number of phenols is 2. The SMILES string of the molecule is COc1cc(O)c2c(=O)c(O[C@@H]3O[C@H](CO)[C@@H](O)[C@@H]3O)c(-c3ccc(OC)c(O)c3)oc2c1. The first-order chi connectivity index (χ1) is 15.8. The zero-order chi connectivity index (χ0) is 23.9. The molecule has 1 saturated heterocycles. The summed E-state index contributed by atoms with van der Waals surface area (Å²) in [7, 11) is 2.75. The second kappa shape index (κ2) is 8.79. The lowest BCUT2D eigenvalue weighted by molar-refractivity contribution is -0.117. The van der Waals surface area contributed by atoms with E-state index in [0.717, 1.165) is 0 Å². The second-order valence-electron chi connectivity index (χ2n) is 7.32. The van der Waals surface area contributed by atoms with Crippen LogP contribution in [0, 0.1) is 0 Å². The zero-order valence-corrected chi connectivity index (χ0v) is 17.6. The molecule has 4 atom stereocenters. The van der Waals surface area contributed by atoms with Crippen molar-refractivity contribution in [2.24, 2.45) is 0 Å². The van der Waals surface area contributed by atoms with Gasteiger partial charge in [-0.3, -0.25) is 4.79 Å². The van der Waals surface area contributed by atoms with E-state index in [1.54, 1.807) is 0 Å². The normalized spacial score (nSPS) is 22.5. The predicted molar refractivity (Wildman–Crippen MR) is 113 cm³/mol. The summed E-state index contributed by atoms with van der Waals surface area (Å²) < 4.78 is 27.0. The van der Waals surface area contributed by atoms with E-state index >= 15 is 0 Å². The molecule has 0 spiro atoms. The fourth-order valence-corrected chi connectivity index (χ4v) is 3.58. The number of hydrogen-bond donors (Lipinski definition) is 5. The summed E-state index contributed by atoms with van der Waals surface area (Å²) in [5.41, 5.74) is -0.633. The molecular weight excluding hydrogens is 440 g/mol. The number of aliphatic hydroxyl groups excluding tert-OH is 3. The number of aliphatic hydroxyl groups is 3. The maximum absolute atomic E-state index is 13.4. The molecule has 0 saturated carbocycles. The van der Waals surface area contributed by atoms with Crippen molar-refractivity contribution in [3.8, 4) is 40.1 Å². The minimum absolute atomic E-state index is 0.0318. The summed E-state index contributed by atoms with van der Waals surface area (Å²) in [5.74, 6) is -0.896. The van der Waals surface area contributed by atoms with E-state index in [4.69, 9.17) is 23.4 Å². The van der Waals surface area contributed by atoms with E-state index in [1.165, 1.54) is 44.6 Å². The fourth-order valence-electron chi connectivity index (χ4n) is 3.58. The monoisotopic (exact) mass is 462 g/mol. The summed E-state index contributed by atoms with van der Waals surface area (Å²) in [6.45, 7) is -0.593. The van der Waals surface area contributed by atoms with Crippen LogP contribution in [0.1, 0.15) is 0 Å². The Morgan fingerprint density at radius 2 is 1.76 bits per heavy atom. The summed E-state index contributed by atoms with van der Waals surface area (Å²) in [6, 6.07) is 6.81. The quantitative estimate of drug-likeness (QED) is 0.350. The molecule has 0 radical (unpaired) electrons. The number of hydrogen-bond acceptors (Lipinski definition) is 11. The molecule has 3 aromatic rings. The van der Waals surface area contributed by atoms with Crippen LogP contribution in [0.2, 0.25) is 0 Å². The first-order valence-corrected chi connectivity index (χ1v) is 9.83. The average molecular weight is 462 g/mol. The lowest BCUT2D eigenvalue weighted by Crippen LogP contribution is -2.36. The van der Waals surface area contributed by atoms with Gasteiger partial charge >= 0.3 is 0 Å². The Balaban J connectivity index is 1.92. The van der Waals surface area contributed by atoms with Crippen LogP contribution in [0.5, 0.6) is 28.7 Å². The number of benzene rings is 2. The molecule has 0 amide bonds. The van der Waals surface area contributed by atoms with Gasteiger partial charge in [0.2, 0.25) is 17.5 Å². The maximum atomic E-state index is 13.4. The summed E-state index contributed by atoms with van der Waals surface area (Å²) in [6.07, 6.45) is -5.70. The van der Waals surface area contributed by atoms with Crippen LogP contribution in [-0.2, 0) is 4.74 Å². The molecule has 176 valence electrons. The van der Waals surface area contributed by atoms with E-state index in [-0.39, 0.29) is 39.5 Å². The second-order valence-corrected chi connectivity index (χ2v) is 7.32. The van der Waals surface area contributed by atoms with Crippen LogP contribution in [0.4, 0.5) is 0 Å². The standard InChI is InChI=1S/C22H22O11/c1-29-10-6-12(25)16-14(7-10)31-20(9-3-4-13(30-2)11(24)5-9)21(18(16)27)33-22-19(28)17(26)15(8-23)32-22/h3-7,15,17,19,22-26,28H,8H2,1-2H3/t15-,17-,19+,22+/m1/s1. The zero-order valence-electron chi connectivity index (χ0n) is 17.6. The minimum Gasteiger partial charge on any atom is -0.507 e. The number of phenolic OH excluding ortho intramolecular Hbond substituents is 2. The highest BCUT2D eigenvalue weighted by Gasteiger charge is 2.44. The Labute approximate surface area is 186 Å². The summed E-state index contributed by atoms with van der Waals surface area (Å²) >= 11 is 0. The first kappa shape index (κ1) is 22.7. The molecule has 0 aliphatic carbocycles. The van der Waals surface area contributed by atoms with Crippen molar-refractivity contribution in [3.63, 3.8) is 0 Å². The van der Waals surface area contributed by atoms with Crippen molar-refractivity contribution in [2.75, 3.05) is 20.8 Å². The molecule has 4 rings (SSSR count). The Kier molecular flexibility index (Phi) is 6.04. The smallest absolute Gasteiger partial charge is 0.239 e. The van der Waals surface area contributed by atoms with E-state index in [2.05, 4.69) is 0 Å². The highest BCUT2D eigenvalue weighted by atomic mass is 16.7. The molecule has 33 heavy (non-hydrogen) atoms. The van der Waals surface area contributed by atoms with Crippen LogP contribution in [0.25, 0.3) is 22.3 Å². The van der Waals surface area contributed by atoms with Crippen LogP contribution >= 0.6 is 0 Å². The van der Waals surface area contributed by atoms with Crippen molar-refractivity contribution in [3.05, 3.63) is 40.6 Å². The van der Waals surface area contributed by atoms with Crippen molar-refractivity contribution < 1.29 is 48.9 Å². The molecule has 1 aliphatic rings. The highest BCUT2D eigenvalue weighted by molar-refractivity contribution is 5.88. The lowest BCUT2D eigenvalue weighted by atomic mass is 10.1. The van der Waals surface area contributed by atoms with Gasteiger partial charge in [0.15, 0.2) is 17.3 Å². The van der Waals surface area contributed by atoms with Gasteiger partial charge in [-0.2, -0.15) is 0 Å². The van der Waals surface area contributed by atoms with Crippen LogP contribution < -0.4 is 19.6 Å². The fraction of sp³-hybridized carbons (Fsp3) is 0.318. The van der Waals surface area contributed by atoms with Crippen molar-refractivity contribution in [2.45, 2.75) is 24.6 Å². The number of aromatic hydroxyl groups is 2. The van der Waals surface area contributed by atoms with Gasteiger partial charge in [-0.05, 0) is 18.2 Å². The Morgan fingerprint density at radius 1 is 1.00 bits per heavy atom. The topological polar surface area (TPSA) is 168 Å². The molecule has 2 aromatic carbocycles. The number of rotatable bonds is 6. The van der Waals surface area contributed by atoms with Gasteiger partial charge in [0.05, 0.1) is 20.8 Å². The van der Waals surface area contributed by atoms with Gasteiger partial charge in [-0.1, -0.05) is 0 Å². The predicted octanol–water partition coefficient (Wildman–Crippen LogP) is 0.706. The third kappa shape index (κ3) is 3.91. The van der Waals surface area contributed by atoms with E-state index in [1.807, 2.05) is 0 Å². The van der Waals surface area contributed by atoms with E-state index in [9.17, 15) is 30.3 Å². The van der Waals surface area contributed by atoms with E-state index < -0.39 is 48.1 Å². The molecule has 11 nitrogen and oxygen atoms in total. The molecule has 0 bridgehead atoms. The van der Waals surface area contributed by atoms with Gasteiger partial charge in [-0.15, -0.1) is 0 Å². The van der Waals surface area contributed by atoms with Crippen molar-refractivity contribution in [1.82, 2.24) is 0 Å².